The van der Waals surface area contributed by atoms with Crippen molar-refractivity contribution in [1.29, 1.82) is 0 Å². The molecule has 0 radical (unpaired) electrons. The third-order valence-corrected chi connectivity index (χ3v) is 25.3. The molecule has 4 aliphatic rings. The lowest BCUT2D eigenvalue weighted by Crippen LogP contribution is -2.67. The van der Waals surface area contributed by atoms with Gasteiger partial charge in [-0.1, -0.05) is 314 Å². The van der Waals surface area contributed by atoms with Gasteiger partial charge in [0.05, 0.1) is 69.1 Å². The first-order chi connectivity index (χ1) is 60.5. The molecule has 4 aliphatic carbocycles. The highest BCUT2D eigenvalue weighted by atomic mass is 16.5. The van der Waals surface area contributed by atoms with Crippen LogP contribution in [-0.4, -0.2) is 74.2 Å². The van der Waals surface area contributed by atoms with E-state index in [4.69, 9.17) is 42.6 Å². The zero-order chi connectivity index (χ0) is 84.6. The predicted molar refractivity (Wildman–Crippen MR) is 488 cm³/mol. The van der Waals surface area contributed by atoms with E-state index in [1.807, 2.05) is 146 Å². The molecule has 10 nitrogen and oxygen atoms in total. The van der Waals surface area contributed by atoms with Gasteiger partial charge in [-0.15, -0.1) is 0 Å². The second kappa shape index (κ2) is 37.4. The molecule has 0 unspecified atom stereocenters. The van der Waals surface area contributed by atoms with E-state index < -0.39 is 16.8 Å². The van der Waals surface area contributed by atoms with Crippen molar-refractivity contribution in [3.8, 4) is 81.9 Å². The van der Waals surface area contributed by atoms with Crippen LogP contribution in [0.4, 0.5) is 0 Å². The van der Waals surface area contributed by atoms with Crippen molar-refractivity contribution < 1.29 is 47.7 Å². The van der Waals surface area contributed by atoms with Gasteiger partial charge in [-0.05, 0) is 183 Å². The van der Waals surface area contributed by atoms with Gasteiger partial charge in [-0.25, -0.2) is 0 Å². The van der Waals surface area contributed by atoms with E-state index in [9.17, 15) is 5.11 Å². The molecule has 0 atom stereocenters. The Bertz CT molecular complexity index is 5360. The molecular weight excluding hydrogens is 1520 g/mol. The summed E-state index contributed by atoms with van der Waals surface area (Å²) in [5.74, 6) is 31.6. The van der Waals surface area contributed by atoms with Crippen molar-refractivity contribution in [3.05, 3.63) is 428 Å². The Balaban J connectivity index is 0.740. The predicted octanol–water partition coefficient (Wildman–Crippen LogP) is 22.2. The topological polar surface area (TPSA) is 103 Å². The molecule has 13 aromatic rings. The van der Waals surface area contributed by atoms with Crippen molar-refractivity contribution in [3.63, 3.8) is 0 Å². The molecule has 0 aliphatic heterocycles. The van der Waals surface area contributed by atoms with Gasteiger partial charge in [-0.3, -0.25) is 0 Å². The van der Waals surface area contributed by atoms with Gasteiger partial charge in [0.1, 0.15) is 16.8 Å². The molecule has 17 rings (SSSR count). The third-order valence-electron chi connectivity index (χ3n) is 25.3. The van der Waals surface area contributed by atoms with Gasteiger partial charge < -0.3 is 47.7 Å². The molecule has 13 aromatic carbocycles. The van der Waals surface area contributed by atoms with Crippen molar-refractivity contribution in [2.75, 3.05) is 69.1 Å². The van der Waals surface area contributed by atoms with E-state index in [0.29, 0.717) is 80.0 Å². The van der Waals surface area contributed by atoms with Gasteiger partial charge in [-0.2, -0.15) is 0 Å². The SMILES string of the molecule is COc1cccc(C(OCCC#Cc2ccc(C34CC5(c6ccc(C#CCCO)cc6)CC(c6ccc(C#CCCOC(c7ccccc7)(c7ccccc7)c7cccc(OC)c7OC)cc6)(C3)CC(c3ccc(C#CCCOC(c6ccccc6)(c6ccccc6)c6cccc(OC)c6OC)cc3)(C5)C4)cc2)(c2ccccc2)c2ccccc2)c1OC. The normalized spacial score (nSPS) is 17.4. The minimum Gasteiger partial charge on any atom is -0.493 e. The third kappa shape index (κ3) is 16.4. The highest BCUT2D eigenvalue weighted by Gasteiger charge is 2.69. The van der Waals surface area contributed by atoms with E-state index in [-0.39, 0.29) is 28.3 Å². The lowest BCUT2D eigenvalue weighted by atomic mass is 9.32. The number of hydrogen-bond donors (Lipinski definition) is 1. The Labute approximate surface area is 725 Å². The summed E-state index contributed by atoms with van der Waals surface area (Å²) < 4.78 is 58.0. The zero-order valence-corrected chi connectivity index (χ0v) is 70.8. The van der Waals surface area contributed by atoms with Crippen molar-refractivity contribution >= 4 is 0 Å². The Morgan fingerprint density at radius 1 is 0.244 bits per heavy atom. The summed E-state index contributed by atoms with van der Waals surface area (Å²) in [5, 5.41) is 9.75. The first-order valence-electron chi connectivity index (χ1n) is 42.4. The summed E-state index contributed by atoms with van der Waals surface area (Å²) >= 11 is 0. The van der Waals surface area contributed by atoms with Gasteiger partial charge in [0, 0.05) is 64.6 Å². The highest BCUT2D eigenvalue weighted by Crippen LogP contribution is 2.75. The Morgan fingerprint density at radius 2 is 0.455 bits per heavy atom. The van der Waals surface area contributed by atoms with Crippen LogP contribution >= 0.6 is 0 Å². The number of hydrogen-bond acceptors (Lipinski definition) is 10. The smallest absolute Gasteiger partial charge is 0.167 e. The average Bonchev–Trinajstić information content (AvgIpc) is 0.663. The number of aliphatic hydroxyl groups excluding tert-OH is 1. The van der Waals surface area contributed by atoms with E-state index in [1.54, 1.807) is 42.7 Å². The van der Waals surface area contributed by atoms with Crippen LogP contribution in [0.5, 0.6) is 34.5 Å². The van der Waals surface area contributed by atoms with Crippen LogP contribution in [-0.2, 0) is 52.7 Å². The molecule has 4 bridgehead atoms. The van der Waals surface area contributed by atoms with E-state index in [1.165, 1.54) is 22.3 Å². The van der Waals surface area contributed by atoms with Gasteiger partial charge in [0.2, 0.25) is 0 Å². The van der Waals surface area contributed by atoms with Crippen molar-refractivity contribution in [2.45, 2.75) is 103 Å². The molecule has 1 N–H and O–H groups in total. The molecule has 0 aromatic heterocycles. The Morgan fingerprint density at radius 3 is 0.650 bits per heavy atom. The summed E-state index contributed by atoms with van der Waals surface area (Å²) in [6.07, 6.45) is 7.55. The monoisotopic (exact) mass is 1620 g/mol. The second-order valence-corrected chi connectivity index (χ2v) is 32.3. The molecular formula is C113H102O10. The number of aliphatic hydroxyl groups is 1. The molecule has 4 fully saturated rings. The quantitative estimate of drug-likeness (QED) is 0.0277. The largest absolute Gasteiger partial charge is 0.493 e. The first-order valence-corrected chi connectivity index (χ1v) is 42.4. The minimum absolute atomic E-state index is 0.0151. The number of ether oxygens (including phenoxy) is 9. The van der Waals surface area contributed by atoms with E-state index in [2.05, 4.69) is 235 Å². The summed E-state index contributed by atoms with van der Waals surface area (Å²) in [5.41, 5.74) is 13.0. The zero-order valence-electron chi connectivity index (χ0n) is 70.8. The van der Waals surface area contributed by atoms with E-state index >= 15 is 0 Å². The maximum Gasteiger partial charge on any atom is 0.167 e. The van der Waals surface area contributed by atoms with Crippen molar-refractivity contribution in [2.24, 2.45) is 0 Å². The van der Waals surface area contributed by atoms with Crippen molar-refractivity contribution in [1.82, 2.24) is 0 Å². The number of methoxy groups -OCH3 is 6. The lowest BCUT2D eigenvalue weighted by molar-refractivity contribution is -0.0691. The fourth-order valence-electron chi connectivity index (χ4n) is 20.7. The van der Waals surface area contributed by atoms with Crippen LogP contribution < -0.4 is 28.4 Å². The van der Waals surface area contributed by atoms with Crippen LogP contribution in [0.2, 0.25) is 0 Å². The molecule has 4 saturated carbocycles. The fourth-order valence-corrected chi connectivity index (χ4v) is 20.7. The van der Waals surface area contributed by atoms with Crippen LogP contribution in [0, 0.1) is 47.4 Å². The van der Waals surface area contributed by atoms with Gasteiger partial charge >= 0.3 is 0 Å². The molecule has 0 spiro atoms. The molecule has 0 saturated heterocycles. The summed E-state index contributed by atoms with van der Waals surface area (Å²) in [6.45, 7) is 0.991. The lowest BCUT2D eigenvalue weighted by Gasteiger charge is -2.71. The average molecular weight is 1620 g/mol. The maximum atomic E-state index is 9.75. The van der Waals surface area contributed by atoms with Crippen LogP contribution in [0.3, 0.4) is 0 Å². The summed E-state index contributed by atoms with van der Waals surface area (Å²) in [7, 11) is 10.0. The van der Waals surface area contributed by atoms with Crippen LogP contribution in [0.25, 0.3) is 0 Å². The fraction of sp³-hybridized carbons (Fsp3) is 0.239. The Hall–Kier alpha value is -13.3. The van der Waals surface area contributed by atoms with Gasteiger partial charge in [0.25, 0.3) is 0 Å². The maximum absolute atomic E-state index is 9.75. The molecule has 614 valence electrons. The number of para-hydroxylation sites is 3. The standard InChI is InChI=1S/C113H102O10/c1-115-101-55-33-52-98(104(101)118-4)111(92-40-13-7-14-41-92,93-42-15-8-16-43-93)121-75-30-26-37-85-60-68-89(69-61-85)108-78-107(88-66-58-84(59-67-88)36-25-29-74-114)79-109(81-108,90-70-62-86(63-71-90)38-27-31-76-122-112(94-44-17-9-18-45-94,95-46-19-10-20-47-95)99-53-34-56-102(116-2)105(99)119-5)83-110(80-107,82-108)91-72-64-87(65-73-91)39-28-32-77-123-113(96-48-21-11-22-49-96,97-50-23-12-24-51-97)100-54-35-57-103(117-3)106(100)120-6/h7-24,33-35,40-73,114H,29-32,74-83H2,1-6H3. The number of rotatable bonds is 29. The van der Waals surface area contributed by atoms with Crippen LogP contribution in [0.1, 0.15) is 159 Å². The summed E-state index contributed by atoms with van der Waals surface area (Å²) in [6, 6.07) is 117. The molecule has 10 heteroatoms. The van der Waals surface area contributed by atoms with E-state index in [0.717, 1.165) is 111 Å². The first kappa shape index (κ1) is 83.4. The Kier molecular flexibility index (Phi) is 25.3. The van der Waals surface area contributed by atoms with Gasteiger partial charge in [0.15, 0.2) is 34.5 Å². The highest BCUT2D eigenvalue weighted by molar-refractivity contribution is 5.63. The minimum atomic E-state index is -1.06. The summed E-state index contributed by atoms with van der Waals surface area (Å²) in [4.78, 5) is 0. The number of benzene rings is 13. The van der Waals surface area contributed by atoms with Crippen LogP contribution in [0.15, 0.2) is 334 Å². The molecule has 0 amide bonds. The molecule has 0 heterocycles. The second-order valence-electron chi connectivity index (χ2n) is 32.3. The molecule has 123 heavy (non-hydrogen) atoms.